The molecule has 1 spiro atoms. The van der Waals surface area contributed by atoms with Crippen molar-refractivity contribution in [2.24, 2.45) is 0 Å². The van der Waals surface area contributed by atoms with Gasteiger partial charge in [-0.1, -0.05) is 31.4 Å². The second-order valence-corrected chi connectivity index (χ2v) is 8.46. The van der Waals surface area contributed by atoms with Crippen LogP contribution in [-0.4, -0.2) is 21.1 Å². The molecule has 1 aliphatic carbocycles. The minimum atomic E-state index is 0.285. The maximum Gasteiger partial charge on any atom is 0.136 e. The van der Waals surface area contributed by atoms with Gasteiger partial charge in [-0.15, -0.1) is 0 Å². The minimum Gasteiger partial charge on any atom is -0.325 e. The number of rotatable bonds is 1. The number of pyridine rings is 1. The third-order valence-electron chi connectivity index (χ3n) is 6.90. The van der Waals surface area contributed by atoms with Crippen LogP contribution in [0.25, 0.3) is 5.69 Å². The van der Waals surface area contributed by atoms with Gasteiger partial charge in [0.15, 0.2) is 0 Å². The fourth-order valence-corrected chi connectivity index (χ4v) is 5.60. The molecule has 0 N–H and O–H groups in total. The molecule has 0 atom stereocenters. The van der Waals surface area contributed by atoms with E-state index in [0.29, 0.717) is 0 Å². The van der Waals surface area contributed by atoms with Crippen LogP contribution in [0.15, 0.2) is 42.9 Å². The average molecular weight is 356 g/mol. The molecule has 1 aromatic carbocycles. The zero-order chi connectivity index (χ0) is 18.0. The summed E-state index contributed by atoms with van der Waals surface area (Å²) in [4.78, 5) is 11.8. The van der Waals surface area contributed by atoms with Gasteiger partial charge in [0.1, 0.15) is 11.6 Å². The normalized spacial score (nSPS) is 19.2. The second-order valence-electron chi connectivity index (χ2n) is 8.46. The summed E-state index contributed by atoms with van der Waals surface area (Å²) >= 11 is 0. The first-order valence-corrected chi connectivity index (χ1v) is 10.1. The number of fused-ring (bicyclic) bond motifs is 5. The van der Waals surface area contributed by atoms with E-state index in [1.54, 1.807) is 0 Å². The lowest BCUT2D eigenvalue weighted by molar-refractivity contribution is 0.314. The molecule has 27 heavy (non-hydrogen) atoms. The number of imidazole rings is 1. The summed E-state index contributed by atoms with van der Waals surface area (Å²) in [5.74, 6) is 2.32. The van der Waals surface area contributed by atoms with Crippen molar-refractivity contribution in [3.8, 4) is 5.69 Å². The molecule has 3 aliphatic rings. The van der Waals surface area contributed by atoms with Crippen LogP contribution in [0, 0.1) is 6.92 Å². The van der Waals surface area contributed by atoms with Crippen LogP contribution in [0.4, 0.5) is 11.5 Å². The Balaban J connectivity index is 1.50. The Morgan fingerprint density at radius 2 is 1.89 bits per heavy atom. The lowest BCUT2D eigenvalue weighted by Crippen LogP contribution is -2.33. The highest BCUT2D eigenvalue weighted by Crippen LogP contribution is 2.51. The molecule has 0 saturated heterocycles. The van der Waals surface area contributed by atoms with Crippen molar-refractivity contribution in [3.63, 3.8) is 0 Å². The first kappa shape index (κ1) is 15.4. The molecule has 4 heterocycles. The Hall–Kier alpha value is -2.62. The molecular weight excluding hydrogens is 332 g/mol. The van der Waals surface area contributed by atoms with E-state index in [1.165, 1.54) is 66.0 Å². The lowest BCUT2D eigenvalue weighted by atomic mass is 9.71. The molecule has 0 radical (unpaired) electrons. The van der Waals surface area contributed by atoms with Gasteiger partial charge >= 0.3 is 0 Å². The maximum absolute atomic E-state index is 4.84. The van der Waals surface area contributed by atoms with Gasteiger partial charge < -0.3 is 9.47 Å². The van der Waals surface area contributed by atoms with Crippen LogP contribution in [0.2, 0.25) is 0 Å². The predicted molar refractivity (Wildman–Crippen MR) is 107 cm³/mol. The van der Waals surface area contributed by atoms with Crippen LogP contribution in [-0.2, 0) is 11.8 Å². The van der Waals surface area contributed by atoms with Crippen molar-refractivity contribution < 1.29 is 0 Å². The van der Waals surface area contributed by atoms with E-state index in [-0.39, 0.29) is 5.41 Å². The fraction of sp³-hybridized carbons (Fsp3) is 0.391. The largest absolute Gasteiger partial charge is 0.325 e. The summed E-state index contributed by atoms with van der Waals surface area (Å²) < 4.78 is 2.24. The van der Waals surface area contributed by atoms with E-state index in [2.05, 4.69) is 51.8 Å². The molecule has 3 aromatic rings. The standard InChI is InChI=1S/C23H24N4/c1-16-12-17-13-21-24-10-11-26(21)20(17)14-19(16)27-15-23(7-3-2-4-8-23)18-6-5-9-25-22(18)27/h5-6,9-12,14H,2-4,7-8,13,15H2,1H3. The highest BCUT2D eigenvalue weighted by atomic mass is 15.2. The molecule has 4 heteroatoms. The molecule has 2 aromatic heterocycles. The van der Waals surface area contributed by atoms with E-state index < -0.39 is 0 Å². The Labute approximate surface area is 159 Å². The van der Waals surface area contributed by atoms with Gasteiger partial charge in [0.05, 0.1) is 5.69 Å². The van der Waals surface area contributed by atoms with Gasteiger partial charge in [0.25, 0.3) is 0 Å². The molecule has 0 bridgehead atoms. The van der Waals surface area contributed by atoms with Gasteiger partial charge in [-0.05, 0) is 43.0 Å². The third-order valence-corrected chi connectivity index (χ3v) is 6.90. The quantitative estimate of drug-likeness (QED) is 0.490. The van der Waals surface area contributed by atoms with Gasteiger partial charge in [-0.3, -0.25) is 0 Å². The summed E-state index contributed by atoms with van der Waals surface area (Å²) in [5, 5.41) is 0. The van der Waals surface area contributed by atoms with Crippen molar-refractivity contribution in [2.75, 3.05) is 11.4 Å². The number of aromatic nitrogens is 3. The van der Waals surface area contributed by atoms with E-state index in [4.69, 9.17) is 4.98 Å². The van der Waals surface area contributed by atoms with Crippen LogP contribution in [0.5, 0.6) is 0 Å². The Bertz CT molecular complexity index is 1040. The van der Waals surface area contributed by atoms with Gasteiger partial charge in [0.2, 0.25) is 0 Å². The Kier molecular flexibility index (Phi) is 3.11. The highest BCUT2D eigenvalue weighted by molar-refractivity contribution is 5.74. The van der Waals surface area contributed by atoms with Crippen molar-refractivity contribution in [3.05, 3.63) is 65.4 Å². The van der Waals surface area contributed by atoms with Gasteiger partial charge in [0, 0.05) is 48.2 Å². The predicted octanol–water partition coefficient (Wildman–Crippen LogP) is 4.83. The monoisotopic (exact) mass is 356 g/mol. The van der Waals surface area contributed by atoms with Crippen LogP contribution in [0.1, 0.15) is 54.6 Å². The number of hydrogen-bond acceptors (Lipinski definition) is 3. The third kappa shape index (κ3) is 2.10. The molecule has 0 unspecified atom stereocenters. The van der Waals surface area contributed by atoms with E-state index in [9.17, 15) is 0 Å². The molecule has 136 valence electrons. The summed E-state index contributed by atoms with van der Waals surface area (Å²) in [6, 6.07) is 9.16. The highest BCUT2D eigenvalue weighted by Gasteiger charge is 2.44. The minimum absolute atomic E-state index is 0.285. The fourth-order valence-electron chi connectivity index (χ4n) is 5.60. The SMILES string of the molecule is Cc1cc2c(cc1N1CC3(CCCCC3)c3cccnc31)-n1ccnc1C2. The molecule has 1 fully saturated rings. The number of anilines is 2. The zero-order valence-electron chi connectivity index (χ0n) is 15.8. The van der Waals surface area contributed by atoms with Crippen LogP contribution >= 0.6 is 0 Å². The molecule has 0 amide bonds. The van der Waals surface area contributed by atoms with Crippen molar-refractivity contribution in [1.82, 2.24) is 14.5 Å². The topological polar surface area (TPSA) is 34.0 Å². The van der Waals surface area contributed by atoms with Gasteiger partial charge in [-0.2, -0.15) is 0 Å². The van der Waals surface area contributed by atoms with E-state index >= 15 is 0 Å². The van der Waals surface area contributed by atoms with E-state index in [1.807, 2.05) is 12.4 Å². The van der Waals surface area contributed by atoms with Crippen LogP contribution < -0.4 is 4.90 Å². The summed E-state index contributed by atoms with van der Waals surface area (Å²) in [6.07, 6.45) is 13.5. The Morgan fingerprint density at radius 3 is 2.78 bits per heavy atom. The summed E-state index contributed by atoms with van der Waals surface area (Å²) in [6.45, 7) is 3.31. The Morgan fingerprint density at radius 1 is 1.00 bits per heavy atom. The van der Waals surface area contributed by atoms with Crippen LogP contribution in [0.3, 0.4) is 0 Å². The summed E-state index contributed by atoms with van der Waals surface area (Å²) in [5.41, 5.74) is 7.06. The van der Waals surface area contributed by atoms with Gasteiger partial charge in [-0.25, -0.2) is 9.97 Å². The average Bonchev–Trinajstić information content (AvgIpc) is 3.35. The molecule has 2 aliphatic heterocycles. The first-order valence-electron chi connectivity index (χ1n) is 10.1. The number of nitrogens with zero attached hydrogens (tertiary/aromatic N) is 4. The number of benzene rings is 1. The maximum atomic E-state index is 4.84. The van der Waals surface area contributed by atoms with Crippen molar-refractivity contribution >= 4 is 11.5 Å². The lowest BCUT2D eigenvalue weighted by Gasteiger charge is -2.34. The van der Waals surface area contributed by atoms with Crippen molar-refractivity contribution in [1.29, 1.82) is 0 Å². The number of aryl methyl sites for hydroxylation is 1. The first-order chi connectivity index (χ1) is 13.3. The number of hydrogen-bond donors (Lipinski definition) is 0. The smallest absolute Gasteiger partial charge is 0.136 e. The molecule has 1 saturated carbocycles. The second kappa shape index (κ2) is 5.44. The molecule has 4 nitrogen and oxygen atoms in total. The summed E-state index contributed by atoms with van der Waals surface area (Å²) in [7, 11) is 0. The van der Waals surface area contributed by atoms with E-state index in [0.717, 1.165) is 18.8 Å². The molecule has 6 rings (SSSR count). The zero-order valence-corrected chi connectivity index (χ0v) is 15.8. The molecular formula is C23H24N4. The van der Waals surface area contributed by atoms with Crippen molar-refractivity contribution in [2.45, 2.75) is 50.9 Å².